The van der Waals surface area contributed by atoms with E-state index in [4.69, 9.17) is 10.7 Å². The highest BCUT2D eigenvalue weighted by atomic mass is 16.2. The zero-order chi connectivity index (χ0) is 27.6. The number of nitrogens with zero attached hydrogens (tertiary/aromatic N) is 5. The number of para-hydroxylation sites is 1. The molecule has 40 heavy (non-hydrogen) atoms. The Labute approximate surface area is 228 Å². The lowest BCUT2D eigenvalue weighted by atomic mass is 10.1. The van der Waals surface area contributed by atoms with E-state index in [0.29, 0.717) is 28.1 Å². The van der Waals surface area contributed by atoms with Crippen molar-refractivity contribution in [2.45, 2.75) is 13.0 Å². The summed E-state index contributed by atoms with van der Waals surface area (Å²) < 4.78 is 3.11. The van der Waals surface area contributed by atoms with Crippen molar-refractivity contribution in [2.24, 2.45) is 0 Å². The lowest BCUT2D eigenvalue weighted by Gasteiger charge is -2.20. The van der Waals surface area contributed by atoms with Crippen LogP contribution in [-0.4, -0.2) is 30.5 Å². The molecule has 0 fully saturated rings. The molecule has 0 aliphatic carbocycles. The minimum Gasteiger partial charge on any atom is -0.382 e. The fraction of sp³-hybridized carbons (Fsp3) is 0.0667. The van der Waals surface area contributed by atoms with Crippen LogP contribution in [0.1, 0.15) is 40.3 Å². The third-order valence-corrected chi connectivity index (χ3v) is 6.55. The predicted molar refractivity (Wildman–Crippen MR) is 153 cm³/mol. The Balaban J connectivity index is 1.47. The number of aromatic nitrogens is 6. The van der Waals surface area contributed by atoms with E-state index in [1.807, 2.05) is 66.7 Å². The molecule has 4 aromatic heterocycles. The molecule has 1 atom stereocenters. The number of carbonyl (C=O) groups excluding carboxylic acids is 1. The summed E-state index contributed by atoms with van der Waals surface area (Å²) in [5, 5.41) is 6.34. The van der Waals surface area contributed by atoms with Gasteiger partial charge in [-0.1, -0.05) is 48.6 Å². The summed E-state index contributed by atoms with van der Waals surface area (Å²) in [7, 11) is 0. The van der Waals surface area contributed by atoms with Gasteiger partial charge in [0.1, 0.15) is 18.2 Å². The number of H-pyrrole nitrogens is 1. The molecule has 196 valence electrons. The molecular formula is C30H25N8O2+. The normalized spacial score (nSPS) is 12.2. The summed E-state index contributed by atoms with van der Waals surface area (Å²) in [5.74, 6) is 0.120. The first kappa shape index (κ1) is 24.7. The fourth-order valence-corrected chi connectivity index (χ4v) is 4.70. The maximum Gasteiger partial charge on any atom is 0.362 e. The average Bonchev–Trinajstić information content (AvgIpc) is 3.32. The zero-order valence-corrected chi connectivity index (χ0v) is 21.5. The standard InChI is InChI=1S/C30H24N8O2/c1-19(34-29(39)25-26(31)36-37-17-7-16-33-28(25)37)27-35-23-12-5-9-21(14-13-20-8-6-15-32-18-20)24(23)30(40)38(27)22-10-3-2-4-11-22/h2-19H,1H3,(H3,31,34,36,39)/p+1. The first-order valence-electron chi connectivity index (χ1n) is 12.6. The lowest BCUT2D eigenvalue weighted by Crippen LogP contribution is -2.34. The number of amides is 1. The maximum absolute atomic E-state index is 14.2. The molecule has 2 aromatic carbocycles. The number of hydrogen-bond donors (Lipinski definition) is 3. The number of nitrogens with one attached hydrogen (secondary N) is 2. The maximum atomic E-state index is 14.2. The largest absolute Gasteiger partial charge is 0.382 e. The molecule has 0 saturated heterocycles. The molecule has 10 nitrogen and oxygen atoms in total. The molecule has 6 aromatic rings. The van der Waals surface area contributed by atoms with Gasteiger partial charge < -0.3 is 11.1 Å². The van der Waals surface area contributed by atoms with Gasteiger partial charge in [-0.05, 0) is 47.3 Å². The Morgan fingerprint density at radius 3 is 2.70 bits per heavy atom. The predicted octanol–water partition coefficient (Wildman–Crippen LogP) is 3.49. The van der Waals surface area contributed by atoms with Crippen LogP contribution in [0.5, 0.6) is 0 Å². The van der Waals surface area contributed by atoms with Crippen LogP contribution in [0.3, 0.4) is 0 Å². The summed E-state index contributed by atoms with van der Waals surface area (Å²) in [6.07, 6.45) is 10.5. The molecule has 4 heterocycles. The van der Waals surface area contributed by atoms with Crippen molar-refractivity contribution in [3.05, 3.63) is 124 Å². The van der Waals surface area contributed by atoms with Crippen molar-refractivity contribution in [2.75, 3.05) is 5.73 Å². The molecule has 0 aliphatic rings. The van der Waals surface area contributed by atoms with Gasteiger partial charge in [0.2, 0.25) is 0 Å². The second-order valence-electron chi connectivity index (χ2n) is 9.22. The monoisotopic (exact) mass is 529 g/mol. The van der Waals surface area contributed by atoms with E-state index < -0.39 is 11.9 Å². The van der Waals surface area contributed by atoms with Crippen molar-refractivity contribution in [1.82, 2.24) is 29.9 Å². The molecule has 1 amide bonds. The number of anilines is 1. The van der Waals surface area contributed by atoms with Crippen LogP contribution >= 0.6 is 0 Å². The number of nitrogens with two attached hydrogens (primary N) is 1. The molecule has 10 heteroatoms. The number of aromatic amines is 1. The van der Waals surface area contributed by atoms with Crippen molar-refractivity contribution in [3.63, 3.8) is 0 Å². The highest BCUT2D eigenvalue weighted by Gasteiger charge is 2.27. The van der Waals surface area contributed by atoms with Gasteiger partial charge in [-0.25, -0.2) is 10.1 Å². The lowest BCUT2D eigenvalue weighted by molar-refractivity contribution is -0.577. The van der Waals surface area contributed by atoms with Crippen LogP contribution in [0.2, 0.25) is 0 Å². The molecule has 1 unspecified atom stereocenters. The number of nitrogen functional groups attached to an aromatic ring is 1. The van der Waals surface area contributed by atoms with E-state index in [9.17, 15) is 9.59 Å². The Morgan fingerprint density at radius 1 is 1.05 bits per heavy atom. The van der Waals surface area contributed by atoms with Crippen LogP contribution in [-0.2, 0) is 0 Å². The van der Waals surface area contributed by atoms with E-state index in [1.54, 1.807) is 52.9 Å². The Kier molecular flexibility index (Phi) is 6.33. The van der Waals surface area contributed by atoms with E-state index in [2.05, 4.69) is 20.4 Å². The Morgan fingerprint density at radius 2 is 1.90 bits per heavy atom. The van der Waals surface area contributed by atoms with E-state index in [-0.39, 0.29) is 16.9 Å². The van der Waals surface area contributed by atoms with E-state index >= 15 is 0 Å². The van der Waals surface area contributed by atoms with Crippen molar-refractivity contribution >= 4 is 40.4 Å². The van der Waals surface area contributed by atoms with Crippen molar-refractivity contribution < 1.29 is 9.31 Å². The van der Waals surface area contributed by atoms with Gasteiger partial charge in [-0.15, -0.1) is 4.52 Å². The third-order valence-electron chi connectivity index (χ3n) is 6.55. The summed E-state index contributed by atoms with van der Waals surface area (Å²) in [5.41, 5.74) is 9.26. The summed E-state index contributed by atoms with van der Waals surface area (Å²) in [6, 6.07) is 19.6. The number of fused-ring (bicyclic) bond motifs is 2. The molecule has 0 saturated carbocycles. The topological polar surface area (TPSA) is 136 Å². The molecule has 6 rings (SSSR count). The van der Waals surface area contributed by atoms with Gasteiger partial charge in [0.15, 0.2) is 11.4 Å². The third kappa shape index (κ3) is 4.47. The van der Waals surface area contributed by atoms with Gasteiger partial charge in [-0.3, -0.25) is 19.1 Å². The highest BCUT2D eigenvalue weighted by Crippen LogP contribution is 2.22. The average molecular weight is 530 g/mol. The summed E-state index contributed by atoms with van der Waals surface area (Å²) >= 11 is 0. The van der Waals surface area contributed by atoms with Crippen LogP contribution in [0.15, 0.2) is 96.3 Å². The minimum atomic E-state index is -0.655. The second kappa shape index (κ2) is 10.3. The van der Waals surface area contributed by atoms with E-state index in [1.165, 1.54) is 0 Å². The van der Waals surface area contributed by atoms with Crippen LogP contribution < -0.4 is 21.1 Å². The van der Waals surface area contributed by atoms with Gasteiger partial charge in [0, 0.05) is 18.5 Å². The zero-order valence-electron chi connectivity index (χ0n) is 21.5. The number of rotatable bonds is 6. The number of pyridine rings is 1. The number of hydrogen-bond acceptors (Lipinski definition) is 6. The number of carbonyl (C=O) groups is 1. The van der Waals surface area contributed by atoms with Gasteiger partial charge in [0.25, 0.3) is 11.5 Å². The second-order valence-corrected chi connectivity index (χ2v) is 9.22. The molecule has 0 bridgehead atoms. The van der Waals surface area contributed by atoms with E-state index in [0.717, 1.165) is 11.1 Å². The molecule has 0 radical (unpaired) electrons. The summed E-state index contributed by atoms with van der Waals surface area (Å²) in [4.78, 5) is 40.9. The minimum absolute atomic E-state index is 0.181. The SMILES string of the molecule is CC(NC(=O)c1c(N)[nH][n+]2cccnc12)c1nc2cccc(C=Cc3cccnc3)c2c(=O)n1-c1ccccc1. The quantitative estimate of drug-likeness (QED) is 0.283. The van der Waals surface area contributed by atoms with Crippen LogP contribution in [0.4, 0.5) is 5.82 Å². The van der Waals surface area contributed by atoms with Gasteiger partial charge in [0.05, 0.1) is 22.6 Å². The molecular weight excluding hydrogens is 504 g/mol. The van der Waals surface area contributed by atoms with Gasteiger partial charge in [-0.2, -0.15) is 0 Å². The van der Waals surface area contributed by atoms with Crippen LogP contribution in [0, 0.1) is 0 Å². The molecule has 4 N–H and O–H groups in total. The molecule has 0 aliphatic heterocycles. The van der Waals surface area contributed by atoms with Crippen molar-refractivity contribution in [1.29, 1.82) is 0 Å². The smallest absolute Gasteiger partial charge is 0.362 e. The number of benzene rings is 2. The first-order chi connectivity index (χ1) is 19.5. The first-order valence-corrected chi connectivity index (χ1v) is 12.6. The van der Waals surface area contributed by atoms with Crippen molar-refractivity contribution in [3.8, 4) is 5.69 Å². The highest BCUT2D eigenvalue weighted by molar-refractivity contribution is 6.03. The molecule has 0 spiro atoms. The van der Waals surface area contributed by atoms with Crippen LogP contribution in [0.25, 0.3) is 34.4 Å². The fourth-order valence-electron chi connectivity index (χ4n) is 4.70. The Hall–Kier alpha value is -5.64. The Bertz CT molecular complexity index is 1950. The summed E-state index contributed by atoms with van der Waals surface area (Å²) in [6.45, 7) is 1.78. The van der Waals surface area contributed by atoms with Gasteiger partial charge >= 0.3 is 5.65 Å².